The summed E-state index contributed by atoms with van der Waals surface area (Å²) in [5.41, 5.74) is 9.21. The van der Waals surface area contributed by atoms with E-state index < -0.39 is 22.0 Å². The second-order valence-corrected chi connectivity index (χ2v) is 8.82. The van der Waals surface area contributed by atoms with Crippen molar-refractivity contribution in [2.45, 2.75) is 30.7 Å². The van der Waals surface area contributed by atoms with E-state index >= 15 is 0 Å². The van der Waals surface area contributed by atoms with E-state index in [9.17, 15) is 13.2 Å². The van der Waals surface area contributed by atoms with E-state index in [4.69, 9.17) is 5.73 Å². The summed E-state index contributed by atoms with van der Waals surface area (Å²) < 4.78 is 28.0. The first-order valence-corrected chi connectivity index (χ1v) is 10.3. The molecule has 0 saturated heterocycles. The average molecular weight is 383 g/mol. The molecule has 7 heteroatoms. The molecule has 2 aromatic carbocycles. The van der Waals surface area contributed by atoms with Crippen molar-refractivity contribution in [2.75, 3.05) is 6.54 Å². The number of H-pyrrole nitrogens is 1. The van der Waals surface area contributed by atoms with Crippen LogP contribution in [0.1, 0.15) is 29.3 Å². The Kier molecular flexibility index (Phi) is 4.28. The highest BCUT2D eigenvalue weighted by Gasteiger charge is 2.38. The maximum atomic E-state index is 13.3. The van der Waals surface area contributed by atoms with Crippen LogP contribution in [0, 0.1) is 6.92 Å². The third kappa shape index (κ3) is 3.02. The molecule has 6 nitrogen and oxygen atoms in total. The number of hydrogen-bond acceptors (Lipinski definition) is 3. The third-order valence-corrected chi connectivity index (χ3v) is 7.05. The number of aromatic nitrogens is 1. The number of fused-ring (bicyclic) bond motifs is 3. The van der Waals surface area contributed by atoms with Crippen molar-refractivity contribution >= 4 is 26.8 Å². The van der Waals surface area contributed by atoms with E-state index in [-0.39, 0.29) is 11.3 Å². The quantitative estimate of drug-likeness (QED) is 0.725. The minimum atomic E-state index is -3.75. The smallest absolute Gasteiger partial charge is 0.243 e. The summed E-state index contributed by atoms with van der Waals surface area (Å²) in [4.78, 5) is 15.3. The molecule has 1 unspecified atom stereocenters. The standard InChI is InChI=1S/C20H21N3O3S/c1-13-6-8-14(9-7-13)27(25,26)23-11-10-16-15-4-2-3-5-17(15)22-20(16)18(23)12-19(21)24/h2-9,18,22H,10-12H2,1H3,(H2,21,24). The van der Waals surface area contributed by atoms with E-state index in [0.717, 1.165) is 27.7 Å². The molecular weight excluding hydrogens is 362 g/mol. The molecule has 1 atom stereocenters. The van der Waals surface area contributed by atoms with Crippen molar-refractivity contribution in [3.05, 3.63) is 65.4 Å². The Hall–Kier alpha value is -2.64. The van der Waals surface area contributed by atoms with Gasteiger partial charge in [0.05, 0.1) is 10.9 Å². The number of nitrogens with one attached hydrogen (secondary N) is 1. The third-order valence-electron chi connectivity index (χ3n) is 5.13. The zero-order valence-electron chi connectivity index (χ0n) is 15.0. The summed E-state index contributed by atoms with van der Waals surface area (Å²) in [5, 5.41) is 1.06. The summed E-state index contributed by atoms with van der Waals surface area (Å²) in [6.07, 6.45) is 0.518. The fraction of sp³-hybridized carbons (Fsp3) is 0.250. The van der Waals surface area contributed by atoms with Gasteiger partial charge in [-0.05, 0) is 37.1 Å². The lowest BCUT2D eigenvalue weighted by Crippen LogP contribution is -2.41. The van der Waals surface area contributed by atoms with Crippen molar-refractivity contribution < 1.29 is 13.2 Å². The Morgan fingerprint density at radius 2 is 1.89 bits per heavy atom. The first-order chi connectivity index (χ1) is 12.9. The number of aromatic amines is 1. The number of nitrogens with zero attached hydrogens (tertiary/aromatic N) is 1. The first-order valence-electron chi connectivity index (χ1n) is 8.84. The molecule has 0 fully saturated rings. The SMILES string of the molecule is Cc1ccc(S(=O)(=O)N2CCc3c([nH]c4ccccc34)C2CC(N)=O)cc1. The molecule has 1 amide bonds. The Morgan fingerprint density at radius 3 is 2.59 bits per heavy atom. The lowest BCUT2D eigenvalue weighted by Gasteiger charge is -2.34. The molecule has 0 radical (unpaired) electrons. The van der Waals surface area contributed by atoms with Gasteiger partial charge in [0, 0.05) is 29.6 Å². The Morgan fingerprint density at radius 1 is 1.19 bits per heavy atom. The summed E-state index contributed by atoms with van der Waals surface area (Å²) in [6.45, 7) is 2.22. The lowest BCUT2D eigenvalue weighted by atomic mass is 9.97. The van der Waals surface area contributed by atoms with Crippen LogP contribution in [-0.4, -0.2) is 30.2 Å². The molecule has 1 aromatic heterocycles. The summed E-state index contributed by atoms with van der Waals surface area (Å²) in [6, 6.07) is 14.0. The van der Waals surface area contributed by atoms with Gasteiger partial charge in [-0.2, -0.15) is 4.31 Å². The number of carbonyl (C=O) groups excluding carboxylic acids is 1. The maximum Gasteiger partial charge on any atom is 0.243 e. The van der Waals surface area contributed by atoms with E-state index in [0.29, 0.717) is 13.0 Å². The minimum absolute atomic E-state index is 0.0646. The topological polar surface area (TPSA) is 96.3 Å². The van der Waals surface area contributed by atoms with E-state index in [1.807, 2.05) is 31.2 Å². The number of aryl methyl sites for hydroxylation is 1. The Bertz CT molecular complexity index is 1120. The number of sulfonamides is 1. The molecule has 0 spiro atoms. The number of nitrogens with two attached hydrogens (primary N) is 1. The fourth-order valence-electron chi connectivity index (χ4n) is 3.82. The summed E-state index contributed by atoms with van der Waals surface area (Å²) >= 11 is 0. The monoisotopic (exact) mass is 383 g/mol. The molecule has 2 heterocycles. The number of amides is 1. The van der Waals surface area contributed by atoms with Gasteiger partial charge >= 0.3 is 0 Å². The van der Waals surface area contributed by atoms with Crippen molar-refractivity contribution in [1.29, 1.82) is 0 Å². The number of primary amides is 1. The van der Waals surface area contributed by atoms with Gasteiger partial charge in [-0.15, -0.1) is 0 Å². The molecule has 0 bridgehead atoms. The Labute approximate surface area is 158 Å². The van der Waals surface area contributed by atoms with Gasteiger partial charge < -0.3 is 10.7 Å². The van der Waals surface area contributed by atoms with Crippen LogP contribution >= 0.6 is 0 Å². The summed E-state index contributed by atoms with van der Waals surface area (Å²) in [5.74, 6) is -0.532. The highest BCUT2D eigenvalue weighted by molar-refractivity contribution is 7.89. The van der Waals surface area contributed by atoms with Crippen LogP contribution in [0.25, 0.3) is 10.9 Å². The molecule has 1 aliphatic heterocycles. The van der Waals surface area contributed by atoms with Gasteiger partial charge in [-0.25, -0.2) is 8.42 Å². The lowest BCUT2D eigenvalue weighted by molar-refractivity contribution is -0.119. The van der Waals surface area contributed by atoms with Crippen molar-refractivity contribution in [1.82, 2.24) is 9.29 Å². The number of benzene rings is 2. The van der Waals surface area contributed by atoms with Gasteiger partial charge in [0.25, 0.3) is 0 Å². The number of hydrogen-bond donors (Lipinski definition) is 2. The van der Waals surface area contributed by atoms with Gasteiger partial charge in [0.1, 0.15) is 0 Å². The van der Waals surface area contributed by atoms with Gasteiger partial charge in [-0.1, -0.05) is 35.9 Å². The number of carbonyl (C=O) groups is 1. The van der Waals surface area contributed by atoms with Crippen molar-refractivity contribution in [2.24, 2.45) is 5.73 Å². The fourth-order valence-corrected chi connectivity index (χ4v) is 5.42. The van der Waals surface area contributed by atoms with Crippen LogP contribution in [0.3, 0.4) is 0 Å². The van der Waals surface area contributed by atoms with E-state index in [1.54, 1.807) is 24.3 Å². The predicted molar refractivity (Wildman–Crippen MR) is 104 cm³/mol. The molecule has 4 rings (SSSR count). The average Bonchev–Trinajstić information content (AvgIpc) is 3.01. The highest BCUT2D eigenvalue weighted by Crippen LogP contribution is 2.39. The molecule has 27 heavy (non-hydrogen) atoms. The van der Waals surface area contributed by atoms with E-state index in [2.05, 4.69) is 4.98 Å². The van der Waals surface area contributed by atoms with Crippen LogP contribution in [-0.2, 0) is 21.2 Å². The van der Waals surface area contributed by atoms with Crippen molar-refractivity contribution in [3.8, 4) is 0 Å². The normalized spacial score (nSPS) is 17.7. The zero-order valence-corrected chi connectivity index (χ0v) is 15.8. The molecule has 0 aliphatic carbocycles. The number of rotatable bonds is 4. The van der Waals surface area contributed by atoms with Gasteiger partial charge in [-0.3, -0.25) is 4.79 Å². The van der Waals surface area contributed by atoms with Gasteiger partial charge in [0.15, 0.2) is 0 Å². The zero-order chi connectivity index (χ0) is 19.2. The molecule has 0 saturated carbocycles. The molecule has 3 N–H and O–H groups in total. The highest BCUT2D eigenvalue weighted by atomic mass is 32.2. The molecule has 3 aromatic rings. The van der Waals surface area contributed by atoms with Crippen LogP contribution in [0.2, 0.25) is 0 Å². The predicted octanol–water partition coefficient (Wildman–Crippen LogP) is 2.64. The van der Waals surface area contributed by atoms with Gasteiger partial charge in [0.2, 0.25) is 15.9 Å². The van der Waals surface area contributed by atoms with Crippen LogP contribution in [0.5, 0.6) is 0 Å². The minimum Gasteiger partial charge on any atom is -0.370 e. The second-order valence-electron chi connectivity index (χ2n) is 6.93. The molecular formula is C20H21N3O3S. The molecule has 1 aliphatic rings. The van der Waals surface area contributed by atoms with Crippen LogP contribution < -0.4 is 5.73 Å². The Balaban J connectivity index is 1.83. The van der Waals surface area contributed by atoms with Crippen molar-refractivity contribution in [3.63, 3.8) is 0 Å². The van der Waals surface area contributed by atoms with E-state index in [1.165, 1.54) is 4.31 Å². The van der Waals surface area contributed by atoms with Crippen LogP contribution in [0.4, 0.5) is 0 Å². The first kappa shape index (κ1) is 17.8. The molecule has 140 valence electrons. The maximum absolute atomic E-state index is 13.3. The number of para-hydroxylation sites is 1. The second kappa shape index (κ2) is 6.51. The summed E-state index contributed by atoms with van der Waals surface area (Å²) in [7, 11) is -3.75. The largest absolute Gasteiger partial charge is 0.370 e. The van der Waals surface area contributed by atoms with Crippen LogP contribution in [0.15, 0.2) is 53.4 Å².